The Morgan fingerprint density at radius 3 is 2.40 bits per heavy atom. The normalized spacial score (nSPS) is 11.0. The summed E-state index contributed by atoms with van der Waals surface area (Å²) < 4.78 is 11.0. The number of hydrogen-bond donors (Lipinski definition) is 3. The molecule has 3 N–H and O–H groups in total. The number of hydrogen-bond acceptors (Lipinski definition) is 5. The van der Waals surface area contributed by atoms with E-state index in [1.807, 2.05) is 24.3 Å². The third-order valence-corrected chi connectivity index (χ3v) is 4.94. The first-order valence-electron chi connectivity index (χ1n) is 11.4. The molecule has 0 aliphatic rings. The molecule has 0 saturated heterocycles. The van der Waals surface area contributed by atoms with Crippen molar-refractivity contribution in [1.29, 1.82) is 0 Å². The van der Waals surface area contributed by atoms with Crippen molar-refractivity contribution in [2.24, 2.45) is 0 Å². The Hall–Kier alpha value is -4.07. The Morgan fingerprint density at radius 2 is 1.71 bits per heavy atom. The van der Waals surface area contributed by atoms with E-state index in [9.17, 15) is 14.4 Å². The Morgan fingerprint density at radius 1 is 0.943 bits per heavy atom. The number of ether oxygens (including phenoxy) is 2. The van der Waals surface area contributed by atoms with Crippen LogP contribution in [0.5, 0.6) is 11.5 Å². The largest absolute Gasteiger partial charge is 0.497 e. The summed E-state index contributed by atoms with van der Waals surface area (Å²) in [5, 5.41) is 20.3. The summed E-state index contributed by atoms with van der Waals surface area (Å²) in [7, 11) is 1.64. The molecular weight excluding hydrogens is 450 g/mol. The van der Waals surface area contributed by atoms with E-state index >= 15 is 0 Å². The standard InChI is InChI=1S/C27H31NO7/c1-34-23-14-10-20(11-15-23)7-4-2-3-5-18-35-24-16-13-22(19-21(24)12-17-27(32)33)28-25(29)8-6-9-26(30)31/h4,7,10-17,19H,2-3,5-6,8-9,18H2,1H3,(H,28,29)(H,30,31)(H,32,33)/b7-4+,17-12+. The number of anilines is 1. The van der Waals surface area contributed by atoms with E-state index in [4.69, 9.17) is 19.7 Å². The highest BCUT2D eigenvalue weighted by Crippen LogP contribution is 2.25. The van der Waals surface area contributed by atoms with E-state index in [2.05, 4.69) is 17.5 Å². The molecule has 0 aromatic heterocycles. The first-order chi connectivity index (χ1) is 16.9. The number of nitrogens with one attached hydrogen (secondary N) is 1. The van der Waals surface area contributed by atoms with Gasteiger partial charge in [-0.3, -0.25) is 9.59 Å². The smallest absolute Gasteiger partial charge is 0.328 e. The topological polar surface area (TPSA) is 122 Å². The van der Waals surface area contributed by atoms with E-state index < -0.39 is 11.9 Å². The predicted molar refractivity (Wildman–Crippen MR) is 135 cm³/mol. The molecule has 0 fully saturated rings. The molecule has 1 amide bonds. The minimum absolute atomic E-state index is 0.0793. The zero-order valence-electron chi connectivity index (χ0n) is 19.7. The Balaban J connectivity index is 1.85. The molecule has 8 heteroatoms. The summed E-state index contributed by atoms with van der Waals surface area (Å²) in [5.74, 6) is -1.02. The van der Waals surface area contributed by atoms with Gasteiger partial charge in [-0.05, 0) is 67.7 Å². The van der Waals surface area contributed by atoms with Crippen molar-refractivity contribution in [3.63, 3.8) is 0 Å². The lowest BCUT2D eigenvalue weighted by atomic mass is 10.1. The zero-order valence-corrected chi connectivity index (χ0v) is 19.7. The number of benzene rings is 2. The number of carboxylic acid groups (broad SMARTS) is 2. The Bertz CT molecular complexity index is 1040. The molecule has 0 aliphatic heterocycles. The van der Waals surface area contributed by atoms with Crippen molar-refractivity contribution >= 4 is 35.7 Å². The number of allylic oxidation sites excluding steroid dienone is 1. The fourth-order valence-corrected chi connectivity index (χ4v) is 3.15. The second kappa shape index (κ2) is 15.0. The van der Waals surface area contributed by atoms with Gasteiger partial charge in [0.15, 0.2) is 0 Å². The molecule has 2 aromatic rings. The second-order valence-corrected chi connectivity index (χ2v) is 7.74. The van der Waals surface area contributed by atoms with Crippen LogP contribution in [0.4, 0.5) is 5.69 Å². The summed E-state index contributed by atoms with van der Waals surface area (Å²) >= 11 is 0. The number of unbranched alkanes of at least 4 members (excludes halogenated alkanes) is 2. The molecule has 0 aliphatic carbocycles. The molecule has 0 atom stereocenters. The summed E-state index contributed by atoms with van der Waals surface area (Å²) in [6.45, 7) is 0.463. The van der Waals surface area contributed by atoms with Gasteiger partial charge in [0.1, 0.15) is 11.5 Å². The van der Waals surface area contributed by atoms with Gasteiger partial charge in [0.25, 0.3) is 0 Å². The second-order valence-electron chi connectivity index (χ2n) is 7.74. The molecule has 2 aromatic carbocycles. The van der Waals surface area contributed by atoms with E-state index in [1.54, 1.807) is 25.3 Å². The molecule has 186 valence electrons. The van der Waals surface area contributed by atoms with Gasteiger partial charge < -0.3 is 25.0 Å². The van der Waals surface area contributed by atoms with Gasteiger partial charge in [0.05, 0.1) is 13.7 Å². The van der Waals surface area contributed by atoms with Gasteiger partial charge in [-0.1, -0.05) is 24.3 Å². The molecule has 0 spiro atoms. The number of amides is 1. The minimum Gasteiger partial charge on any atom is -0.497 e. The van der Waals surface area contributed by atoms with E-state index in [0.717, 1.165) is 36.7 Å². The lowest BCUT2D eigenvalue weighted by Crippen LogP contribution is -2.12. The van der Waals surface area contributed by atoms with Crippen LogP contribution in [0.25, 0.3) is 12.2 Å². The maximum absolute atomic E-state index is 12.0. The van der Waals surface area contributed by atoms with Gasteiger partial charge in [-0.25, -0.2) is 4.79 Å². The highest BCUT2D eigenvalue weighted by atomic mass is 16.5. The minimum atomic E-state index is -1.09. The van der Waals surface area contributed by atoms with Crippen LogP contribution in [0.1, 0.15) is 49.7 Å². The summed E-state index contributed by atoms with van der Waals surface area (Å²) in [4.78, 5) is 33.6. The summed E-state index contributed by atoms with van der Waals surface area (Å²) in [5.41, 5.74) is 2.10. The fraction of sp³-hybridized carbons (Fsp3) is 0.296. The van der Waals surface area contributed by atoms with Crippen LogP contribution in [0, 0.1) is 0 Å². The summed E-state index contributed by atoms with van der Waals surface area (Å²) in [6.07, 6.45) is 9.47. The Kier molecular flexibility index (Phi) is 11.6. The molecule has 0 unspecified atom stereocenters. The predicted octanol–water partition coefficient (Wildman–Crippen LogP) is 5.25. The van der Waals surface area contributed by atoms with Gasteiger partial charge in [-0.2, -0.15) is 0 Å². The molecule has 0 saturated carbocycles. The SMILES string of the molecule is COc1ccc(/C=C/CCCCOc2ccc(NC(=O)CCCC(=O)O)cc2/C=C/C(=O)O)cc1. The maximum atomic E-state index is 12.0. The zero-order chi connectivity index (χ0) is 25.5. The van der Waals surface area contributed by atoms with Crippen LogP contribution in [-0.2, 0) is 14.4 Å². The van der Waals surface area contributed by atoms with Gasteiger partial charge in [-0.15, -0.1) is 0 Å². The van der Waals surface area contributed by atoms with Crippen LogP contribution in [0.2, 0.25) is 0 Å². The van der Waals surface area contributed by atoms with E-state index in [1.165, 1.54) is 6.08 Å². The monoisotopic (exact) mass is 481 g/mol. The summed E-state index contributed by atoms with van der Waals surface area (Å²) in [6, 6.07) is 12.8. The van der Waals surface area contributed by atoms with Crippen molar-refractivity contribution in [2.45, 2.75) is 38.5 Å². The fourth-order valence-electron chi connectivity index (χ4n) is 3.15. The molecule has 0 radical (unpaired) electrons. The van der Waals surface area contributed by atoms with Gasteiger partial charge >= 0.3 is 11.9 Å². The third-order valence-electron chi connectivity index (χ3n) is 4.94. The highest BCUT2D eigenvalue weighted by Gasteiger charge is 2.08. The van der Waals surface area contributed by atoms with Crippen molar-refractivity contribution < 1.29 is 34.1 Å². The number of methoxy groups -OCH3 is 1. The lowest BCUT2D eigenvalue weighted by molar-refractivity contribution is -0.137. The number of rotatable bonds is 15. The average Bonchev–Trinajstić information content (AvgIpc) is 2.83. The van der Waals surface area contributed by atoms with E-state index in [0.29, 0.717) is 23.6 Å². The van der Waals surface area contributed by atoms with Gasteiger partial charge in [0.2, 0.25) is 5.91 Å². The molecule has 0 heterocycles. The number of carbonyl (C=O) groups is 3. The van der Waals surface area contributed by atoms with Crippen LogP contribution < -0.4 is 14.8 Å². The first-order valence-corrected chi connectivity index (χ1v) is 11.4. The van der Waals surface area contributed by atoms with Crippen molar-refractivity contribution in [3.05, 3.63) is 65.7 Å². The number of carboxylic acids is 2. The number of carbonyl (C=O) groups excluding carboxylic acids is 1. The van der Waals surface area contributed by atoms with Crippen molar-refractivity contribution in [2.75, 3.05) is 19.0 Å². The number of aliphatic carboxylic acids is 2. The quantitative estimate of drug-likeness (QED) is 0.235. The lowest BCUT2D eigenvalue weighted by Gasteiger charge is -2.12. The van der Waals surface area contributed by atoms with Crippen molar-refractivity contribution in [1.82, 2.24) is 0 Å². The van der Waals surface area contributed by atoms with Crippen LogP contribution in [0.15, 0.2) is 54.6 Å². The first kappa shape index (κ1) is 27.2. The van der Waals surface area contributed by atoms with E-state index in [-0.39, 0.29) is 25.2 Å². The molecule has 2 rings (SSSR count). The molecular formula is C27H31NO7. The maximum Gasteiger partial charge on any atom is 0.328 e. The molecule has 8 nitrogen and oxygen atoms in total. The average molecular weight is 482 g/mol. The van der Waals surface area contributed by atoms with Crippen LogP contribution >= 0.6 is 0 Å². The molecule has 35 heavy (non-hydrogen) atoms. The van der Waals surface area contributed by atoms with Crippen LogP contribution in [0.3, 0.4) is 0 Å². The highest BCUT2D eigenvalue weighted by molar-refractivity contribution is 5.92. The van der Waals surface area contributed by atoms with Gasteiger partial charge in [0, 0.05) is 30.2 Å². The third kappa shape index (κ3) is 11.1. The van der Waals surface area contributed by atoms with Crippen LogP contribution in [-0.4, -0.2) is 41.8 Å². The molecule has 0 bridgehead atoms. The van der Waals surface area contributed by atoms with Crippen molar-refractivity contribution in [3.8, 4) is 11.5 Å². The Labute approximate surface area is 204 Å².